The fourth-order valence-corrected chi connectivity index (χ4v) is 2.66. The van der Waals surface area contributed by atoms with E-state index < -0.39 is 23.6 Å². The molecule has 7 heteroatoms. The summed E-state index contributed by atoms with van der Waals surface area (Å²) >= 11 is 0. The molecule has 0 fully saturated rings. The monoisotopic (exact) mass is 362 g/mol. The molecule has 26 heavy (non-hydrogen) atoms. The second-order valence-electron chi connectivity index (χ2n) is 6.23. The quantitative estimate of drug-likeness (QED) is 0.888. The number of carbonyl (C=O) groups excluding carboxylic acids is 1. The predicted octanol–water partition coefficient (Wildman–Crippen LogP) is 3.06. The molecular formula is C19H20F2N2O3. The van der Waals surface area contributed by atoms with Crippen LogP contribution in [0.4, 0.5) is 14.5 Å². The molecule has 0 unspecified atom stereocenters. The highest BCUT2D eigenvalue weighted by molar-refractivity contribution is 5.94. The summed E-state index contributed by atoms with van der Waals surface area (Å²) in [5.74, 6) is -0.381. The van der Waals surface area contributed by atoms with Crippen molar-refractivity contribution < 1.29 is 23.0 Å². The van der Waals surface area contributed by atoms with Crippen LogP contribution in [0.3, 0.4) is 0 Å². The Kier molecular flexibility index (Phi) is 5.37. The van der Waals surface area contributed by atoms with Crippen LogP contribution >= 0.6 is 0 Å². The number of amides is 1. The van der Waals surface area contributed by atoms with Crippen LogP contribution in [0, 0.1) is 11.6 Å². The van der Waals surface area contributed by atoms with E-state index >= 15 is 0 Å². The highest BCUT2D eigenvalue weighted by Crippen LogP contribution is 2.31. The fraction of sp³-hybridized carbons (Fsp3) is 0.316. The van der Waals surface area contributed by atoms with Crippen LogP contribution < -0.4 is 14.8 Å². The predicted molar refractivity (Wildman–Crippen MR) is 93.4 cm³/mol. The third kappa shape index (κ3) is 4.11. The summed E-state index contributed by atoms with van der Waals surface area (Å²) in [6.07, 6.45) is -0.240. The maximum atomic E-state index is 13.7. The zero-order chi connectivity index (χ0) is 18.7. The molecule has 3 rings (SSSR count). The van der Waals surface area contributed by atoms with Crippen LogP contribution in [0.25, 0.3) is 0 Å². The first-order valence-corrected chi connectivity index (χ1v) is 8.28. The Morgan fingerprint density at radius 2 is 2.00 bits per heavy atom. The Bertz CT molecular complexity index is 800. The van der Waals surface area contributed by atoms with Crippen molar-refractivity contribution in [1.82, 2.24) is 4.90 Å². The standard InChI is InChI=1S/C19H20F2N2O3/c1-12(19(24)22-16-9-13(20)7-8-15(16)21)23(2)10-14-11-25-17-5-3-4-6-18(17)26-14/h3-9,12,14H,10-11H2,1-2H3,(H,22,24)/t12-,14-/m1/s1. The van der Waals surface area contributed by atoms with E-state index in [0.29, 0.717) is 24.7 Å². The van der Waals surface area contributed by atoms with E-state index in [0.717, 1.165) is 18.2 Å². The van der Waals surface area contributed by atoms with Crippen molar-refractivity contribution in [1.29, 1.82) is 0 Å². The maximum Gasteiger partial charge on any atom is 0.241 e. The maximum absolute atomic E-state index is 13.7. The number of nitrogens with zero attached hydrogens (tertiary/aromatic N) is 1. The van der Waals surface area contributed by atoms with E-state index in [1.807, 2.05) is 24.3 Å². The number of ether oxygens (including phenoxy) is 2. The lowest BCUT2D eigenvalue weighted by molar-refractivity contribution is -0.120. The van der Waals surface area contributed by atoms with Crippen LogP contribution in [0.15, 0.2) is 42.5 Å². The van der Waals surface area contributed by atoms with Gasteiger partial charge in [0.25, 0.3) is 0 Å². The molecule has 5 nitrogen and oxygen atoms in total. The minimum absolute atomic E-state index is 0.179. The molecule has 0 saturated carbocycles. The van der Waals surface area contributed by atoms with Gasteiger partial charge in [0.05, 0.1) is 11.7 Å². The fourth-order valence-electron chi connectivity index (χ4n) is 2.66. The first kappa shape index (κ1) is 18.1. The number of fused-ring (bicyclic) bond motifs is 1. The molecule has 1 amide bonds. The lowest BCUT2D eigenvalue weighted by Gasteiger charge is -2.31. The van der Waals surface area contributed by atoms with Gasteiger partial charge in [-0.3, -0.25) is 9.69 Å². The van der Waals surface area contributed by atoms with Crippen LogP contribution in [-0.2, 0) is 4.79 Å². The number of para-hydroxylation sites is 2. The van der Waals surface area contributed by atoms with Gasteiger partial charge in [-0.1, -0.05) is 12.1 Å². The first-order chi connectivity index (χ1) is 12.4. The third-order valence-electron chi connectivity index (χ3n) is 4.29. The van der Waals surface area contributed by atoms with Crippen molar-refractivity contribution in [3.63, 3.8) is 0 Å². The number of hydrogen-bond donors (Lipinski definition) is 1. The SMILES string of the molecule is C[C@H](C(=O)Nc1cc(F)ccc1F)N(C)C[C@@H]1COc2ccccc2O1. The summed E-state index contributed by atoms with van der Waals surface area (Å²) in [6, 6.07) is 9.74. The molecule has 1 heterocycles. The Morgan fingerprint density at radius 3 is 2.77 bits per heavy atom. The highest BCUT2D eigenvalue weighted by atomic mass is 19.1. The largest absolute Gasteiger partial charge is 0.486 e. The van der Waals surface area contributed by atoms with Crippen molar-refractivity contribution in [2.45, 2.75) is 19.1 Å². The van der Waals surface area contributed by atoms with E-state index in [-0.39, 0.29) is 11.8 Å². The number of anilines is 1. The number of halogens is 2. The van der Waals surface area contributed by atoms with Crippen molar-refractivity contribution in [3.8, 4) is 11.5 Å². The molecule has 1 N–H and O–H groups in total. The summed E-state index contributed by atoms with van der Waals surface area (Å²) in [7, 11) is 1.76. The van der Waals surface area contributed by atoms with Crippen LogP contribution in [0.5, 0.6) is 11.5 Å². The number of likely N-dealkylation sites (N-methyl/N-ethyl adjacent to an activating group) is 1. The van der Waals surface area contributed by atoms with Crippen molar-refractivity contribution in [3.05, 3.63) is 54.1 Å². The normalized spacial score (nSPS) is 17.0. The zero-order valence-corrected chi connectivity index (χ0v) is 14.5. The molecule has 0 bridgehead atoms. The average molecular weight is 362 g/mol. The summed E-state index contributed by atoms with van der Waals surface area (Å²) in [5, 5.41) is 2.42. The van der Waals surface area contributed by atoms with Gasteiger partial charge in [0.2, 0.25) is 5.91 Å². The smallest absolute Gasteiger partial charge is 0.241 e. The Balaban J connectivity index is 1.58. The van der Waals surface area contributed by atoms with Gasteiger partial charge in [-0.15, -0.1) is 0 Å². The molecule has 0 saturated heterocycles. The summed E-state index contributed by atoms with van der Waals surface area (Å²) < 4.78 is 38.4. The van der Waals surface area contributed by atoms with Gasteiger partial charge in [0.1, 0.15) is 24.3 Å². The van der Waals surface area contributed by atoms with E-state index in [4.69, 9.17) is 9.47 Å². The molecule has 1 aliphatic rings. The van der Waals surface area contributed by atoms with Gasteiger partial charge in [-0.25, -0.2) is 8.78 Å². The lowest BCUT2D eigenvalue weighted by atomic mass is 10.2. The van der Waals surface area contributed by atoms with Gasteiger partial charge in [-0.05, 0) is 38.2 Å². The Morgan fingerprint density at radius 1 is 1.27 bits per heavy atom. The summed E-state index contributed by atoms with van der Waals surface area (Å²) in [5.41, 5.74) is -0.179. The molecule has 0 aliphatic carbocycles. The van der Waals surface area contributed by atoms with Gasteiger partial charge in [-0.2, -0.15) is 0 Å². The third-order valence-corrected chi connectivity index (χ3v) is 4.29. The molecule has 0 spiro atoms. The molecule has 2 aromatic rings. The summed E-state index contributed by atoms with van der Waals surface area (Å²) in [6.45, 7) is 2.49. The second-order valence-corrected chi connectivity index (χ2v) is 6.23. The van der Waals surface area contributed by atoms with E-state index in [2.05, 4.69) is 5.32 Å². The zero-order valence-electron chi connectivity index (χ0n) is 14.5. The lowest BCUT2D eigenvalue weighted by Crippen LogP contribution is -2.46. The molecular weight excluding hydrogens is 342 g/mol. The molecule has 138 valence electrons. The van der Waals surface area contributed by atoms with Crippen LogP contribution in [-0.4, -0.2) is 43.2 Å². The second kappa shape index (κ2) is 7.70. The number of carbonyl (C=O) groups is 1. The van der Waals surface area contributed by atoms with E-state index in [1.165, 1.54) is 0 Å². The van der Waals surface area contributed by atoms with Crippen LogP contribution in [0.1, 0.15) is 6.92 Å². The first-order valence-electron chi connectivity index (χ1n) is 8.28. The van der Waals surface area contributed by atoms with Gasteiger partial charge >= 0.3 is 0 Å². The van der Waals surface area contributed by atoms with Gasteiger partial charge in [0, 0.05) is 12.6 Å². The van der Waals surface area contributed by atoms with Gasteiger partial charge in [0.15, 0.2) is 11.5 Å². The molecule has 2 aromatic carbocycles. The Labute approximate surface area is 150 Å². The van der Waals surface area contributed by atoms with Crippen LogP contribution in [0.2, 0.25) is 0 Å². The number of rotatable bonds is 5. The van der Waals surface area contributed by atoms with Crippen molar-refractivity contribution in [2.24, 2.45) is 0 Å². The molecule has 2 atom stereocenters. The van der Waals surface area contributed by atoms with E-state index in [1.54, 1.807) is 18.9 Å². The van der Waals surface area contributed by atoms with Gasteiger partial charge < -0.3 is 14.8 Å². The van der Waals surface area contributed by atoms with Crippen molar-refractivity contribution >= 4 is 11.6 Å². The highest BCUT2D eigenvalue weighted by Gasteiger charge is 2.26. The topological polar surface area (TPSA) is 50.8 Å². The molecule has 0 aromatic heterocycles. The number of benzene rings is 2. The minimum atomic E-state index is -0.685. The molecule has 1 aliphatic heterocycles. The summed E-state index contributed by atoms with van der Waals surface area (Å²) in [4.78, 5) is 14.1. The number of nitrogens with one attached hydrogen (secondary N) is 1. The Hall–Kier alpha value is -2.67. The van der Waals surface area contributed by atoms with Crippen molar-refractivity contribution in [2.75, 3.05) is 25.5 Å². The van der Waals surface area contributed by atoms with E-state index in [9.17, 15) is 13.6 Å². The average Bonchev–Trinajstić information content (AvgIpc) is 2.64. The number of hydrogen-bond acceptors (Lipinski definition) is 4. The minimum Gasteiger partial charge on any atom is -0.486 e. The molecule has 0 radical (unpaired) electrons.